The van der Waals surface area contributed by atoms with Crippen molar-refractivity contribution >= 4 is 23.2 Å². The Kier molecular flexibility index (Phi) is 6.61. The van der Waals surface area contributed by atoms with Crippen molar-refractivity contribution < 1.29 is 27.2 Å². The van der Waals surface area contributed by atoms with Crippen molar-refractivity contribution in [3.8, 4) is 17.1 Å². The molecule has 2 aromatic carbocycles. The van der Waals surface area contributed by atoms with Gasteiger partial charge < -0.3 is 14.6 Å². The number of aryl methyl sites for hydroxylation is 1. The largest absolute Gasteiger partial charge is 0.494 e. The third kappa shape index (κ3) is 5.50. The number of alkyl halides is 3. The number of aromatic nitrogens is 2. The summed E-state index contributed by atoms with van der Waals surface area (Å²) in [5.41, 5.74) is -0.296. The number of rotatable bonds is 7. The first kappa shape index (κ1) is 21.6. The summed E-state index contributed by atoms with van der Waals surface area (Å²) in [6.07, 6.45) is -4.52. The summed E-state index contributed by atoms with van der Waals surface area (Å²) in [5, 5.41) is 5.84. The monoisotopic (exact) mass is 439 g/mol. The highest BCUT2D eigenvalue weighted by Gasteiger charge is 2.33. The number of anilines is 1. The van der Waals surface area contributed by atoms with E-state index in [1.54, 1.807) is 24.3 Å². The normalized spacial score (nSPS) is 11.4. The lowest BCUT2D eigenvalue weighted by Crippen LogP contribution is -2.14. The zero-order valence-electron chi connectivity index (χ0n) is 15.8. The first-order valence-corrected chi connectivity index (χ1v) is 9.36. The van der Waals surface area contributed by atoms with E-state index in [9.17, 15) is 18.0 Å². The van der Waals surface area contributed by atoms with Gasteiger partial charge in [0.15, 0.2) is 0 Å². The lowest BCUT2D eigenvalue weighted by molar-refractivity contribution is -0.137. The standard InChI is InChI=1S/C20H17ClF3N3O3/c1-2-29-14-6-3-12(4-7-14)19-26-18(30-27-19)10-9-17(28)25-13-5-8-16(21)15(11-13)20(22,23)24/h3-8,11H,2,9-10H2,1H3,(H,25,28). The molecule has 0 aliphatic carbocycles. The van der Waals surface area contributed by atoms with Crippen molar-refractivity contribution in [3.05, 3.63) is 58.9 Å². The molecule has 0 saturated heterocycles. The highest BCUT2D eigenvalue weighted by Crippen LogP contribution is 2.36. The Morgan fingerprint density at radius 2 is 1.93 bits per heavy atom. The highest BCUT2D eigenvalue weighted by molar-refractivity contribution is 6.31. The molecule has 0 radical (unpaired) electrons. The number of carbonyl (C=O) groups is 1. The molecule has 0 unspecified atom stereocenters. The predicted molar refractivity (Wildman–Crippen MR) is 104 cm³/mol. The predicted octanol–water partition coefficient (Wildman–Crippen LogP) is 5.38. The minimum Gasteiger partial charge on any atom is -0.494 e. The van der Waals surface area contributed by atoms with Crippen molar-refractivity contribution in [2.45, 2.75) is 25.9 Å². The Morgan fingerprint density at radius 3 is 2.60 bits per heavy atom. The average Bonchev–Trinajstić information content (AvgIpc) is 3.17. The van der Waals surface area contributed by atoms with Gasteiger partial charge in [0.1, 0.15) is 5.75 Å². The van der Waals surface area contributed by atoms with Gasteiger partial charge in [0.05, 0.1) is 17.2 Å². The van der Waals surface area contributed by atoms with Crippen molar-refractivity contribution in [2.24, 2.45) is 0 Å². The SMILES string of the molecule is CCOc1ccc(-c2noc(CCC(=O)Nc3ccc(Cl)c(C(F)(F)F)c3)n2)cc1. The van der Waals surface area contributed by atoms with Crippen molar-refractivity contribution in [1.82, 2.24) is 10.1 Å². The second-order valence-electron chi connectivity index (χ2n) is 6.21. The number of halogens is 4. The summed E-state index contributed by atoms with van der Waals surface area (Å²) in [7, 11) is 0. The number of benzene rings is 2. The van der Waals surface area contributed by atoms with Crippen LogP contribution >= 0.6 is 11.6 Å². The molecule has 1 amide bonds. The molecule has 158 valence electrons. The molecule has 1 aromatic heterocycles. The van der Waals surface area contributed by atoms with E-state index in [0.717, 1.165) is 23.4 Å². The van der Waals surface area contributed by atoms with E-state index >= 15 is 0 Å². The molecule has 6 nitrogen and oxygen atoms in total. The summed E-state index contributed by atoms with van der Waals surface area (Å²) in [6, 6.07) is 10.3. The van der Waals surface area contributed by atoms with Crippen LogP contribution in [0.5, 0.6) is 5.75 Å². The van der Waals surface area contributed by atoms with E-state index in [0.29, 0.717) is 12.4 Å². The minimum absolute atomic E-state index is 0.00247. The maximum absolute atomic E-state index is 12.9. The van der Waals surface area contributed by atoms with Gasteiger partial charge in [-0.25, -0.2) is 0 Å². The number of nitrogens with zero attached hydrogens (tertiary/aromatic N) is 2. The van der Waals surface area contributed by atoms with E-state index in [1.807, 2.05) is 6.92 Å². The Labute approximate surface area is 175 Å². The fourth-order valence-corrected chi connectivity index (χ4v) is 2.83. The van der Waals surface area contributed by atoms with Gasteiger partial charge in [-0.3, -0.25) is 4.79 Å². The van der Waals surface area contributed by atoms with Crippen LogP contribution < -0.4 is 10.1 Å². The van der Waals surface area contributed by atoms with Crippen LogP contribution in [0.3, 0.4) is 0 Å². The van der Waals surface area contributed by atoms with Crippen LogP contribution in [0.1, 0.15) is 24.8 Å². The zero-order valence-corrected chi connectivity index (χ0v) is 16.5. The van der Waals surface area contributed by atoms with Gasteiger partial charge in [-0.1, -0.05) is 16.8 Å². The average molecular weight is 440 g/mol. The van der Waals surface area contributed by atoms with Crippen LogP contribution in [0.15, 0.2) is 47.0 Å². The van der Waals surface area contributed by atoms with Crippen LogP contribution in [0.25, 0.3) is 11.4 Å². The van der Waals surface area contributed by atoms with Gasteiger partial charge in [-0.2, -0.15) is 18.2 Å². The Bertz CT molecular complexity index is 1020. The Balaban J connectivity index is 1.58. The first-order chi connectivity index (χ1) is 14.3. The number of hydrogen-bond donors (Lipinski definition) is 1. The topological polar surface area (TPSA) is 77.2 Å². The third-order valence-electron chi connectivity index (χ3n) is 4.01. The molecule has 0 aliphatic rings. The van der Waals surface area contributed by atoms with Gasteiger partial charge in [-0.05, 0) is 49.4 Å². The van der Waals surface area contributed by atoms with Crippen molar-refractivity contribution in [1.29, 1.82) is 0 Å². The second-order valence-corrected chi connectivity index (χ2v) is 6.62. The summed E-state index contributed by atoms with van der Waals surface area (Å²) in [6.45, 7) is 2.44. The van der Waals surface area contributed by atoms with E-state index < -0.39 is 22.7 Å². The second kappa shape index (κ2) is 9.17. The highest BCUT2D eigenvalue weighted by atomic mass is 35.5. The molecule has 1 N–H and O–H groups in total. The van der Waals surface area contributed by atoms with E-state index in [1.165, 1.54) is 6.07 Å². The molecule has 0 atom stereocenters. The molecular formula is C20H17ClF3N3O3. The number of carbonyl (C=O) groups excluding carboxylic acids is 1. The Morgan fingerprint density at radius 1 is 1.20 bits per heavy atom. The molecule has 0 bridgehead atoms. The van der Waals surface area contributed by atoms with Crippen LogP contribution in [0.4, 0.5) is 18.9 Å². The van der Waals surface area contributed by atoms with Crippen molar-refractivity contribution in [3.63, 3.8) is 0 Å². The summed E-state index contributed by atoms with van der Waals surface area (Å²) in [4.78, 5) is 16.3. The molecule has 3 aromatic rings. The summed E-state index contributed by atoms with van der Waals surface area (Å²) < 4.78 is 49.2. The molecule has 30 heavy (non-hydrogen) atoms. The maximum Gasteiger partial charge on any atom is 0.417 e. The molecule has 1 heterocycles. The molecule has 0 aliphatic heterocycles. The van der Waals surface area contributed by atoms with E-state index in [-0.39, 0.29) is 24.4 Å². The summed E-state index contributed by atoms with van der Waals surface area (Å²) >= 11 is 5.57. The first-order valence-electron chi connectivity index (χ1n) is 8.98. The lowest BCUT2D eigenvalue weighted by atomic mass is 10.2. The van der Waals surface area contributed by atoms with Crippen LogP contribution in [-0.2, 0) is 17.4 Å². The smallest absolute Gasteiger partial charge is 0.417 e. The zero-order chi connectivity index (χ0) is 21.7. The van der Waals surface area contributed by atoms with Gasteiger partial charge in [0.25, 0.3) is 0 Å². The van der Waals surface area contributed by atoms with Crippen LogP contribution in [-0.4, -0.2) is 22.7 Å². The molecule has 0 spiro atoms. The van der Waals surface area contributed by atoms with Crippen LogP contribution in [0.2, 0.25) is 5.02 Å². The van der Waals surface area contributed by atoms with E-state index in [4.69, 9.17) is 20.9 Å². The van der Waals surface area contributed by atoms with Crippen molar-refractivity contribution in [2.75, 3.05) is 11.9 Å². The van der Waals surface area contributed by atoms with Gasteiger partial charge in [-0.15, -0.1) is 0 Å². The third-order valence-corrected chi connectivity index (χ3v) is 4.34. The molecule has 10 heteroatoms. The number of nitrogens with one attached hydrogen (secondary N) is 1. The van der Waals surface area contributed by atoms with Gasteiger partial charge in [0.2, 0.25) is 17.6 Å². The quantitative estimate of drug-likeness (QED) is 0.535. The number of hydrogen-bond acceptors (Lipinski definition) is 5. The molecule has 0 fully saturated rings. The molecule has 3 rings (SSSR count). The fraction of sp³-hybridized carbons (Fsp3) is 0.250. The lowest BCUT2D eigenvalue weighted by Gasteiger charge is -2.11. The number of ether oxygens (including phenoxy) is 1. The van der Waals surface area contributed by atoms with Gasteiger partial charge >= 0.3 is 6.18 Å². The molecule has 0 saturated carbocycles. The number of amides is 1. The van der Waals surface area contributed by atoms with Crippen LogP contribution in [0, 0.1) is 0 Å². The fourth-order valence-electron chi connectivity index (χ4n) is 2.60. The Hall–Kier alpha value is -3.07. The molecular weight excluding hydrogens is 423 g/mol. The van der Waals surface area contributed by atoms with E-state index in [2.05, 4.69) is 15.5 Å². The maximum atomic E-state index is 12.9. The van der Waals surface area contributed by atoms with Gasteiger partial charge in [0, 0.05) is 24.1 Å². The summed E-state index contributed by atoms with van der Waals surface area (Å²) in [5.74, 6) is 0.825. The minimum atomic E-state index is -4.61.